The van der Waals surface area contributed by atoms with E-state index in [4.69, 9.17) is 21.1 Å². The lowest BCUT2D eigenvalue weighted by Crippen LogP contribution is -2.48. The van der Waals surface area contributed by atoms with Crippen LogP contribution in [-0.2, 0) is 14.3 Å². The van der Waals surface area contributed by atoms with Crippen molar-refractivity contribution < 1.29 is 19.1 Å². The van der Waals surface area contributed by atoms with Crippen LogP contribution in [0.5, 0.6) is 0 Å². The summed E-state index contributed by atoms with van der Waals surface area (Å²) in [6.07, 6.45) is 1.39. The van der Waals surface area contributed by atoms with E-state index < -0.39 is 6.04 Å². The predicted molar refractivity (Wildman–Crippen MR) is 87.0 cm³/mol. The van der Waals surface area contributed by atoms with Crippen LogP contribution in [0, 0.1) is 0 Å². The van der Waals surface area contributed by atoms with Gasteiger partial charge < -0.3 is 19.7 Å². The van der Waals surface area contributed by atoms with Crippen molar-refractivity contribution in [3.8, 4) is 0 Å². The van der Waals surface area contributed by atoms with Crippen molar-refractivity contribution in [2.24, 2.45) is 0 Å². The number of likely N-dealkylation sites (tertiary alicyclic amines) is 1. The second-order valence-corrected chi connectivity index (χ2v) is 7.29. The molecule has 2 atom stereocenters. The third-order valence-corrected chi connectivity index (χ3v) is 5.21. The Labute approximate surface area is 143 Å². The molecule has 6 nitrogen and oxygen atoms in total. The van der Waals surface area contributed by atoms with E-state index in [2.05, 4.69) is 5.32 Å². The van der Waals surface area contributed by atoms with Gasteiger partial charge in [0.25, 0.3) is 5.91 Å². The van der Waals surface area contributed by atoms with Crippen LogP contribution in [0.1, 0.15) is 22.5 Å². The highest BCUT2D eigenvalue weighted by Crippen LogP contribution is 2.26. The Morgan fingerprint density at radius 3 is 2.96 bits per heavy atom. The number of amides is 2. The first-order valence-electron chi connectivity index (χ1n) is 7.68. The number of carbonyl (C=O) groups is 2. The molecule has 0 unspecified atom stereocenters. The molecule has 2 aliphatic heterocycles. The minimum atomic E-state index is -0.423. The van der Waals surface area contributed by atoms with Gasteiger partial charge in [0.1, 0.15) is 6.04 Å². The first-order valence-corrected chi connectivity index (χ1v) is 8.88. The van der Waals surface area contributed by atoms with Gasteiger partial charge in [0, 0.05) is 13.1 Å². The fourth-order valence-corrected chi connectivity index (χ4v) is 3.84. The number of nitrogens with zero attached hydrogens (tertiary/aromatic N) is 1. The molecular weight excluding hydrogens is 340 g/mol. The molecule has 3 rings (SSSR count). The summed E-state index contributed by atoms with van der Waals surface area (Å²) in [6.45, 7) is 2.63. The van der Waals surface area contributed by atoms with Crippen LogP contribution in [-0.4, -0.2) is 61.8 Å². The van der Waals surface area contributed by atoms with Crippen LogP contribution in [0.25, 0.3) is 0 Å². The highest BCUT2D eigenvalue weighted by molar-refractivity contribution is 7.17. The first-order chi connectivity index (χ1) is 11.1. The SMILES string of the molecule is O=C(NC[C@H]1COCCO1)[C@H]1CCCN1C(=O)c1ccc(Cl)s1. The largest absolute Gasteiger partial charge is 0.376 e. The Hall–Kier alpha value is -1.15. The molecule has 0 spiro atoms. The monoisotopic (exact) mass is 358 g/mol. The molecule has 3 heterocycles. The van der Waals surface area contributed by atoms with Crippen molar-refractivity contribution in [3.63, 3.8) is 0 Å². The zero-order chi connectivity index (χ0) is 16.2. The van der Waals surface area contributed by atoms with Gasteiger partial charge in [-0.25, -0.2) is 0 Å². The van der Waals surface area contributed by atoms with Crippen LogP contribution in [0.2, 0.25) is 4.34 Å². The molecule has 2 saturated heterocycles. The fourth-order valence-electron chi connectivity index (χ4n) is 2.84. The van der Waals surface area contributed by atoms with Crippen LogP contribution >= 0.6 is 22.9 Å². The summed E-state index contributed by atoms with van der Waals surface area (Å²) >= 11 is 7.13. The van der Waals surface area contributed by atoms with Crippen LogP contribution in [0.3, 0.4) is 0 Å². The lowest BCUT2D eigenvalue weighted by molar-refractivity contribution is -0.127. The first kappa shape index (κ1) is 16.7. The normalized spacial score (nSPS) is 24.7. The molecule has 23 heavy (non-hydrogen) atoms. The summed E-state index contributed by atoms with van der Waals surface area (Å²) in [4.78, 5) is 27.2. The quantitative estimate of drug-likeness (QED) is 0.886. The summed E-state index contributed by atoms with van der Waals surface area (Å²) in [5.74, 6) is -0.260. The molecule has 0 aromatic carbocycles. The average Bonchev–Trinajstić information content (AvgIpc) is 3.22. The van der Waals surface area contributed by atoms with E-state index in [0.717, 1.165) is 6.42 Å². The topological polar surface area (TPSA) is 67.9 Å². The van der Waals surface area contributed by atoms with E-state index in [-0.39, 0.29) is 17.9 Å². The van der Waals surface area contributed by atoms with Gasteiger partial charge in [0.2, 0.25) is 5.91 Å². The summed E-state index contributed by atoms with van der Waals surface area (Å²) in [5.41, 5.74) is 0. The van der Waals surface area contributed by atoms with Crippen molar-refractivity contribution in [1.29, 1.82) is 0 Å². The van der Waals surface area contributed by atoms with E-state index in [1.54, 1.807) is 17.0 Å². The Kier molecular flexibility index (Phi) is 5.53. The number of thiophene rings is 1. The van der Waals surface area contributed by atoms with E-state index in [1.165, 1.54) is 11.3 Å². The lowest BCUT2D eigenvalue weighted by Gasteiger charge is -2.26. The number of nitrogens with one attached hydrogen (secondary N) is 1. The predicted octanol–water partition coefficient (Wildman–Crippen LogP) is 1.54. The van der Waals surface area contributed by atoms with Gasteiger partial charge in [0.05, 0.1) is 35.1 Å². The fraction of sp³-hybridized carbons (Fsp3) is 0.600. The van der Waals surface area contributed by atoms with E-state index in [1.807, 2.05) is 0 Å². The van der Waals surface area contributed by atoms with Crippen molar-refractivity contribution in [2.75, 3.05) is 32.9 Å². The lowest BCUT2D eigenvalue weighted by atomic mass is 10.2. The Morgan fingerprint density at radius 1 is 1.39 bits per heavy atom. The third kappa shape index (κ3) is 4.03. The van der Waals surface area contributed by atoms with Crippen molar-refractivity contribution in [3.05, 3.63) is 21.3 Å². The van der Waals surface area contributed by atoms with E-state index in [9.17, 15) is 9.59 Å². The van der Waals surface area contributed by atoms with Gasteiger partial charge in [-0.2, -0.15) is 0 Å². The third-order valence-electron chi connectivity index (χ3n) is 3.99. The minimum absolute atomic E-state index is 0.116. The highest BCUT2D eigenvalue weighted by Gasteiger charge is 2.35. The summed E-state index contributed by atoms with van der Waals surface area (Å²) in [7, 11) is 0. The highest BCUT2D eigenvalue weighted by atomic mass is 35.5. The number of hydrogen-bond donors (Lipinski definition) is 1. The Morgan fingerprint density at radius 2 is 2.26 bits per heavy atom. The number of hydrogen-bond acceptors (Lipinski definition) is 5. The summed E-state index contributed by atoms with van der Waals surface area (Å²) in [6, 6.07) is 2.98. The maximum atomic E-state index is 12.5. The van der Waals surface area contributed by atoms with Crippen LogP contribution < -0.4 is 5.32 Å². The van der Waals surface area contributed by atoms with Gasteiger partial charge >= 0.3 is 0 Å². The maximum absolute atomic E-state index is 12.5. The number of halogens is 1. The number of ether oxygens (including phenoxy) is 2. The molecule has 1 aromatic rings. The smallest absolute Gasteiger partial charge is 0.264 e. The minimum Gasteiger partial charge on any atom is -0.376 e. The molecule has 0 bridgehead atoms. The Bertz CT molecular complexity index is 574. The molecule has 0 aliphatic carbocycles. The van der Waals surface area contributed by atoms with Crippen LogP contribution in [0.15, 0.2) is 12.1 Å². The van der Waals surface area contributed by atoms with Crippen molar-refractivity contribution >= 4 is 34.8 Å². The maximum Gasteiger partial charge on any atom is 0.264 e. The number of rotatable bonds is 4. The Balaban J connectivity index is 1.57. The van der Waals surface area contributed by atoms with Gasteiger partial charge in [-0.3, -0.25) is 9.59 Å². The van der Waals surface area contributed by atoms with E-state index >= 15 is 0 Å². The molecule has 0 radical (unpaired) electrons. The molecule has 2 amide bonds. The van der Waals surface area contributed by atoms with Gasteiger partial charge in [-0.05, 0) is 25.0 Å². The molecule has 1 aromatic heterocycles. The summed E-state index contributed by atoms with van der Waals surface area (Å²) in [5, 5.41) is 2.88. The molecule has 126 valence electrons. The second-order valence-electron chi connectivity index (χ2n) is 5.57. The average molecular weight is 359 g/mol. The molecule has 2 aliphatic rings. The zero-order valence-corrected chi connectivity index (χ0v) is 14.2. The zero-order valence-electron chi connectivity index (χ0n) is 12.6. The van der Waals surface area contributed by atoms with Gasteiger partial charge in [-0.15, -0.1) is 11.3 Å². The second kappa shape index (κ2) is 7.61. The number of carbonyl (C=O) groups excluding carboxylic acids is 2. The molecule has 8 heteroatoms. The standard InChI is InChI=1S/C15H19ClN2O4S/c16-13-4-3-12(23-13)15(20)18-5-1-2-11(18)14(19)17-8-10-9-21-6-7-22-10/h3-4,10-11H,1-2,5-9H2,(H,17,19)/t10-,11+/m0/s1. The van der Waals surface area contributed by atoms with Crippen LogP contribution in [0.4, 0.5) is 0 Å². The summed E-state index contributed by atoms with van der Waals surface area (Å²) < 4.78 is 11.4. The van der Waals surface area contributed by atoms with Crippen molar-refractivity contribution in [2.45, 2.75) is 25.0 Å². The van der Waals surface area contributed by atoms with Crippen molar-refractivity contribution in [1.82, 2.24) is 10.2 Å². The van der Waals surface area contributed by atoms with Gasteiger partial charge in [0.15, 0.2) is 0 Å². The van der Waals surface area contributed by atoms with Gasteiger partial charge in [-0.1, -0.05) is 11.6 Å². The molecular formula is C15H19ClN2O4S. The molecule has 2 fully saturated rings. The van der Waals surface area contributed by atoms with E-state index in [0.29, 0.717) is 48.5 Å². The molecule has 1 N–H and O–H groups in total. The molecule has 0 saturated carbocycles.